The molecule has 1 fully saturated rings. The van der Waals surface area contributed by atoms with Crippen molar-refractivity contribution in [2.24, 2.45) is 0 Å². The number of unbranched alkanes of at least 4 members (excludes halogenated alkanes) is 22. The molecular formula is C55H99NO10. The van der Waals surface area contributed by atoms with Crippen LogP contribution in [0.15, 0.2) is 60.8 Å². The van der Waals surface area contributed by atoms with Crippen molar-refractivity contribution in [2.75, 3.05) is 13.2 Å². The Balaban J connectivity index is 2.42. The summed E-state index contributed by atoms with van der Waals surface area (Å²) in [4.78, 5) is 13.1. The molecule has 1 aliphatic rings. The Morgan fingerprint density at radius 2 is 0.955 bits per heavy atom. The molecule has 8 N–H and O–H groups in total. The van der Waals surface area contributed by atoms with Crippen LogP contribution >= 0.6 is 0 Å². The highest BCUT2D eigenvalue weighted by Crippen LogP contribution is 2.23. The van der Waals surface area contributed by atoms with Gasteiger partial charge >= 0.3 is 0 Å². The van der Waals surface area contributed by atoms with Crippen molar-refractivity contribution < 1.29 is 50.0 Å². The van der Waals surface area contributed by atoms with Gasteiger partial charge in [0.15, 0.2) is 6.29 Å². The van der Waals surface area contributed by atoms with Gasteiger partial charge in [0, 0.05) is 0 Å². The molecule has 11 nitrogen and oxygen atoms in total. The van der Waals surface area contributed by atoms with Crippen LogP contribution in [0.25, 0.3) is 0 Å². The third kappa shape index (κ3) is 32.5. The van der Waals surface area contributed by atoms with Crippen molar-refractivity contribution in [3.8, 4) is 0 Å². The van der Waals surface area contributed by atoms with E-state index in [1.165, 1.54) is 89.9 Å². The van der Waals surface area contributed by atoms with Crippen molar-refractivity contribution in [3.63, 3.8) is 0 Å². The van der Waals surface area contributed by atoms with E-state index in [0.717, 1.165) is 77.0 Å². The lowest BCUT2D eigenvalue weighted by Gasteiger charge is -2.40. The van der Waals surface area contributed by atoms with Gasteiger partial charge in [0.2, 0.25) is 5.91 Å². The molecule has 1 amide bonds. The van der Waals surface area contributed by atoms with E-state index < -0.39 is 74.2 Å². The third-order valence-electron chi connectivity index (χ3n) is 12.5. The van der Waals surface area contributed by atoms with Crippen LogP contribution in [-0.2, 0) is 14.3 Å². The van der Waals surface area contributed by atoms with Gasteiger partial charge in [0.05, 0.1) is 25.4 Å². The fourth-order valence-corrected chi connectivity index (χ4v) is 8.09. The largest absolute Gasteiger partial charge is 0.394 e. The molecule has 0 spiro atoms. The summed E-state index contributed by atoms with van der Waals surface area (Å²) in [7, 11) is 0. The monoisotopic (exact) mass is 934 g/mol. The van der Waals surface area contributed by atoms with E-state index in [0.29, 0.717) is 19.3 Å². The van der Waals surface area contributed by atoms with E-state index in [4.69, 9.17) is 9.47 Å². The first-order valence-corrected chi connectivity index (χ1v) is 26.7. The number of aliphatic hydroxyl groups excluding tert-OH is 7. The number of hydrogen-bond acceptors (Lipinski definition) is 10. The SMILES string of the molecule is CCCCC/C=C\C/C=C\CCCCCCCCC(O)C(=O)NC(COC1OC(CO)C(O)C(O)C1O)C(O)C(O)CCC/C=C/CC/C=C/CC/C=C/CCCCCCCCCCCC. The second kappa shape index (κ2) is 44.0. The Morgan fingerprint density at radius 1 is 0.530 bits per heavy atom. The maximum Gasteiger partial charge on any atom is 0.249 e. The van der Waals surface area contributed by atoms with E-state index in [1.807, 2.05) is 0 Å². The Labute approximate surface area is 401 Å². The zero-order valence-electron chi connectivity index (χ0n) is 41.7. The number of carbonyl (C=O) groups excluding carboxylic acids is 1. The normalized spacial score (nSPS) is 21.3. The predicted octanol–water partition coefficient (Wildman–Crippen LogP) is 10.3. The minimum absolute atomic E-state index is 0.235. The van der Waals surface area contributed by atoms with Crippen molar-refractivity contribution >= 4 is 5.91 Å². The molecule has 384 valence electrons. The Morgan fingerprint density at radius 3 is 1.47 bits per heavy atom. The predicted molar refractivity (Wildman–Crippen MR) is 270 cm³/mol. The van der Waals surface area contributed by atoms with Crippen LogP contribution in [0.1, 0.15) is 213 Å². The summed E-state index contributed by atoms with van der Waals surface area (Å²) in [5.74, 6) is -0.723. The van der Waals surface area contributed by atoms with Crippen molar-refractivity contribution in [2.45, 2.75) is 268 Å². The van der Waals surface area contributed by atoms with Crippen molar-refractivity contribution in [3.05, 3.63) is 60.8 Å². The number of rotatable bonds is 44. The number of ether oxygens (including phenoxy) is 2. The van der Waals surface area contributed by atoms with Gasteiger partial charge in [-0.25, -0.2) is 0 Å². The minimum atomic E-state index is -1.68. The van der Waals surface area contributed by atoms with Crippen LogP contribution in [0.3, 0.4) is 0 Å². The van der Waals surface area contributed by atoms with Crippen LogP contribution in [0.4, 0.5) is 0 Å². The number of amides is 1. The Bertz CT molecular complexity index is 1250. The molecule has 0 aliphatic carbocycles. The van der Waals surface area contributed by atoms with Gasteiger partial charge in [-0.1, -0.05) is 177 Å². The number of hydrogen-bond donors (Lipinski definition) is 8. The standard InChI is InChI=1S/C55H99NO10/c1-3-5-7-9-11-13-15-17-19-21-22-23-24-25-26-27-29-30-32-34-36-38-40-42-47(58)50(60)46(45-65-55-53(63)52(62)51(61)49(44-57)66-55)56-54(64)48(59)43-41-39-37-35-33-31-28-20-18-16-14-12-10-8-6-4-2/h12,14,18,20,23-24,27,29,34,36,46-53,55,57-63H,3-11,13,15-17,19,21-22,25-26,28,30-33,35,37-45H2,1-2H3,(H,56,64)/b14-12-,20-18-,24-23+,29-27+,36-34+. The Hall–Kier alpha value is -2.19. The summed E-state index contributed by atoms with van der Waals surface area (Å²) >= 11 is 0. The number of carbonyl (C=O) groups is 1. The Kier molecular flexibility index (Phi) is 41.3. The highest BCUT2D eigenvalue weighted by Gasteiger charge is 2.44. The number of aliphatic hydroxyl groups is 7. The third-order valence-corrected chi connectivity index (χ3v) is 12.5. The lowest BCUT2D eigenvalue weighted by molar-refractivity contribution is -0.303. The maximum atomic E-state index is 13.1. The van der Waals surface area contributed by atoms with Crippen LogP contribution < -0.4 is 5.32 Å². The molecule has 1 saturated heterocycles. The quantitative estimate of drug-likeness (QED) is 0.0216. The highest BCUT2D eigenvalue weighted by atomic mass is 16.7. The van der Waals surface area contributed by atoms with E-state index in [1.54, 1.807) is 0 Å². The van der Waals surface area contributed by atoms with Gasteiger partial charge in [-0.15, -0.1) is 0 Å². The summed E-state index contributed by atoms with van der Waals surface area (Å²) in [6.45, 7) is 3.39. The van der Waals surface area contributed by atoms with Gasteiger partial charge < -0.3 is 50.5 Å². The van der Waals surface area contributed by atoms with Crippen molar-refractivity contribution in [1.82, 2.24) is 5.32 Å². The highest BCUT2D eigenvalue weighted by molar-refractivity contribution is 5.80. The van der Waals surface area contributed by atoms with Gasteiger partial charge in [0.1, 0.15) is 36.6 Å². The molecule has 0 radical (unpaired) electrons. The average Bonchev–Trinajstić information content (AvgIpc) is 3.32. The molecule has 9 unspecified atom stereocenters. The molecule has 0 saturated carbocycles. The maximum absolute atomic E-state index is 13.1. The molecule has 1 heterocycles. The van der Waals surface area contributed by atoms with E-state index in [-0.39, 0.29) is 12.8 Å². The average molecular weight is 934 g/mol. The molecule has 66 heavy (non-hydrogen) atoms. The van der Waals surface area contributed by atoms with E-state index >= 15 is 0 Å². The summed E-state index contributed by atoms with van der Waals surface area (Å²) in [5, 5.41) is 75.9. The topological polar surface area (TPSA) is 189 Å². The first-order valence-electron chi connectivity index (χ1n) is 26.7. The van der Waals surface area contributed by atoms with E-state index in [9.17, 15) is 40.5 Å². The van der Waals surface area contributed by atoms with E-state index in [2.05, 4.69) is 79.9 Å². The number of allylic oxidation sites excluding steroid dienone is 10. The van der Waals surface area contributed by atoms with Gasteiger partial charge in [-0.05, 0) is 96.3 Å². The molecule has 1 aliphatic heterocycles. The summed E-state index contributed by atoms with van der Waals surface area (Å²) in [6.07, 6.45) is 44.1. The van der Waals surface area contributed by atoms with Crippen molar-refractivity contribution in [1.29, 1.82) is 0 Å². The molecule has 0 aromatic carbocycles. The summed E-state index contributed by atoms with van der Waals surface area (Å²) in [6, 6.07) is -1.20. The zero-order valence-corrected chi connectivity index (χ0v) is 41.7. The second-order valence-electron chi connectivity index (χ2n) is 18.6. The molecular weight excluding hydrogens is 835 g/mol. The molecule has 0 aromatic heterocycles. The smallest absolute Gasteiger partial charge is 0.249 e. The van der Waals surface area contributed by atoms with Crippen LogP contribution in [0.5, 0.6) is 0 Å². The van der Waals surface area contributed by atoms with Crippen LogP contribution in [0, 0.1) is 0 Å². The lowest BCUT2D eigenvalue weighted by atomic mass is 9.98. The molecule has 11 heteroatoms. The van der Waals surface area contributed by atoms with Gasteiger partial charge in [0.25, 0.3) is 0 Å². The fourth-order valence-electron chi connectivity index (χ4n) is 8.09. The molecule has 0 bridgehead atoms. The summed E-state index contributed by atoms with van der Waals surface area (Å²) in [5.41, 5.74) is 0. The first-order chi connectivity index (χ1) is 32.2. The molecule has 1 rings (SSSR count). The lowest BCUT2D eigenvalue weighted by Crippen LogP contribution is -2.60. The number of nitrogens with one attached hydrogen (secondary N) is 1. The molecule has 9 atom stereocenters. The fraction of sp³-hybridized carbons (Fsp3) is 0.800. The second-order valence-corrected chi connectivity index (χ2v) is 18.6. The van der Waals surface area contributed by atoms with Crippen LogP contribution in [0.2, 0.25) is 0 Å². The first kappa shape index (κ1) is 61.8. The van der Waals surface area contributed by atoms with Crippen LogP contribution in [-0.4, -0.2) is 110 Å². The summed E-state index contributed by atoms with van der Waals surface area (Å²) < 4.78 is 11.1. The molecule has 0 aromatic rings. The zero-order chi connectivity index (χ0) is 48.3. The minimum Gasteiger partial charge on any atom is -0.394 e. The van der Waals surface area contributed by atoms with Gasteiger partial charge in [-0.3, -0.25) is 4.79 Å². The van der Waals surface area contributed by atoms with Gasteiger partial charge in [-0.2, -0.15) is 0 Å².